The quantitative estimate of drug-likeness (QED) is 0.582. The van der Waals surface area contributed by atoms with Crippen molar-refractivity contribution in [2.75, 3.05) is 0 Å². The lowest BCUT2D eigenvalue weighted by Gasteiger charge is -2.14. The fourth-order valence-corrected chi connectivity index (χ4v) is 1.18. The van der Waals surface area contributed by atoms with Crippen LogP contribution in [0.25, 0.3) is 0 Å². The maximum Gasteiger partial charge on any atom is 0.509 e. The third-order valence-electron chi connectivity index (χ3n) is 2.22. The SMILES string of the molecule is CC(C)C(C=O)OC(=O)OCc1ccccc1. The van der Waals surface area contributed by atoms with Crippen molar-refractivity contribution in [3.05, 3.63) is 35.9 Å². The Morgan fingerprint density at radius 3 is 2.47 bits per heavy atom. The van der Waals surface area contributed by atoms with Crippen LogP contribution < -0.4 is 0 Å². The van der Waals surface area contributed by atoms with Crippen LogP contribution in [-0.2, 0) is 20.9 Å². The predicted octanol–water partition coefficient (Wildman–Crippen LogP) is 2.56. The number of ether oxygens (including phenoxy) is 2. The Morgan fingerprint density at radius 1 is 1.29 bits per heavy atom. The second-order valence-electron chi connectivity index (χ2n) is 3.99. The summed E-state index contributed by atoms with van der Waals surface area (Å²) in [6.45, 7) is 3.73. The van der Waals surface area contributed by atoms with Crippen molar-refractivity contribution in [1.82, 2.24) is 0 Å². The number of hydrogen-bond donors (Lipinski definition) is 0. The first-order valence-electron chi connectivity index (χ1n) is 5.46. The van der Waals surface area contributed by atoms with Crippen LogP contribution in [0, 0.1) is 5.92 Å². The van der Waals surface area contributed by atoms with E-state index in [0.29, 0.717) is 6.29 Å². The summed E-state index contributed by atoms with van der Waals surface area (Å²) >= 11 is 0. The average molecular weight is 236 g/mol. The van der Waals surface area contributed by atoms with Crippen molar-refractivity contribution in [3.8, 4) is 0 Å². The summed E-state index contributed by atoms with van der Waals surface area (Å²) in [7, 11) is 0. The molecule has 1 unspecified atom stereocenters. The molecular weight excluding hydrogens is 220 g/mol. The van der Waals surface area contributed by atoms with Gasteiger partial charge in [-0.1, -0.05) is 44.2 Å². The zero-order valence-corrected chi connectivity index (χ0v) is 9.96. The lowest BCUT2D eigenvalue weighted by molar-refractivity contribution is -0.118. The second-order valence-corrected chi connectivity index (χ2v) is 3.99. The third-order valence-corrected chi connectivity index (χ3v) is 2.22. The van der Waals surface area contributed by atoms with Crippen molar-refractivity contribution in [1.29, 1.82) is 0 Å². The number of hydrogen-bond acceptors (Lipinski definition) is 4. The number of carbonyl (C=O) groups excluding carboxylic acids is 2. The highest BCUT2D eigenvalue weighted by atomic mass is 16.7. The van der Waals surface area contributed by atoms with Crippen molar-refractivity contribution in [2.45, 2.75) is 26.6 Å². The van der Waals surface area contributed by atoms with E-state index in [-0.39, 0.29) is 12.5 Å². The zero-order valence-electron chi connectivity index (χ0n) is 9.96. The van der Waals surface area contributed by atoms with Gasteiger partial charge in [0, 0.05) is 0 Å². The van der Waals surface area contributed by atoms with Gasteiger partial charge in [0.2, 0.25) is 0 Å². The Bertz CT molecular complexity index is 359. The van der Waals surface area contributed by atoms with Crippen LogP contribution in [0.1, 0.15) is 19.4 Å². The van der Waals surface area contributed by atoms with Gasteiger partial charge in [-0.2, -0.15) is 0 Å². The summed E-state index contributed by atoms with van der Waals surface area (Å²) in [5.41, 5.74) is 0.872. The summed E-state index contributed by atoms with van der Waals surface area (Å²) in [5, 5.41) is 0. The number of rotatable bonds is 5. The summed E-state index contributed by atoms with van der Waals surface area (Å²) in [6, 6.07) is 9.27. The molecule has 1 rings (SSSR count). The summed E-state index contributed by atoms with van der Waals surface area (Å²) in [4.78, 5) is 21.9. The minimum atomic E-state index is -0.820. The molecule has 0 aliphatic carbocycles. The molecule has 0 radical (unpaired) electrons. The van der Waals surface area contributed by atoms with Gasteiger partial charge in [0.25, 0.3) is 0 Å². The molecule has 0 N–H and O–H groups in total. The monoisotopic (exact) mass is 236 g/mol. The highest BCUT2D eigenvalue weighted by molar-refractivity contribution is 5.66. The lowest BCUT2D eigenvalue weighted by Crippen LogP contribution is -2.25. The van der Waals surface area contributed by atoms with Crippen LogP contribution in [0.3, 0.4) is 0 Å². The molecule has 1 aromatic rings. The van der Waals surface area contributed by atoms with Gasteiger partial charge >= 0.3 is 6.16 Å². The Morgan fingerprint density at radius 2 is 1.94 bits per heavy atom. The van der Waals surface area contributed by atoms with E-state index in [4.69, 9.17) is 9.47 Å². The smallest absolute Gasteiger partial charge is 0.429 e. The van der Waals surface area contributed by atoms with E-state index in [1.54, 1.807) is 13.8 Å². The highest BCUT2D eigenvalue weighted by Crippen LogP contribution is 2.07. The first-order valence-corrected chi connectivity index (χ1v) is 5.46. The molecule has 17 heavy (non-hydrogen) atoms. The molecule has 0 aliphatic rings. The van der Waals surface area contributed by atoms with Crippen LogP contribution in [0.4, 0.5) is 4.79 Å². The van der Waals surface area contributed by atoms with Gasteiger partial charge in [0.1, 0.15) is 6.61 Å². The van der Waals surface area contributed by atoms with Crippen LogP contribution in [0.5, 0.6) is 0 Å². The van der Waals surface area contributed by atoms with Crippen molar-refractivity contribution >= 4 is 12.4 Å². The molecule has 0 spiro atoms. The number of benzene rings is 1. The molecule has 0 heterocycles. The maximum atomic E-state index is 11.3. The minimum Gasteiger partial charge on any atom is -0.429 e. The molecule has 92 valence electrons. The van der Waals surface area contributed by atoms with Crippen molar-refractivity contribution in [3.63, 3.8) is 0 Å². The Labute approximate surface area is 101 Å². The number of carbonyl (C=O) groups is 2. The fraction of sp³-hybridized carbons (Fsp3) is 0.385. The van der Waals surface area contributed by atoms with E-state index in [9.17, 15) is 9.59 Å². The maximum absolute atomic E-state index is 11.3. The van der Waals surface area contributed by atoms with Gasteiger partial charge in [-0.3, -0.25) is 4.79 Å². The van der Waals surface area contributed by atoms with Gasteiger partial charge in [-0.15, -0.1) is 0 Å². The molecule has 0 bridgehead atoms. The lowest BCUT2D eigenvalue weighted by atomic mass is 10.1. The Hall–Kier alpha value is -1.84. The molecule has 4 nitrogen and oxygen atoms in total. The van der Waals surface area contributed by atoms with Crippen molar-refractivity contribution in [2.24, 2.45) is 5.92 Å². The summed E-state index contributed by atoms with van der Waals surface area (Å²) in [6.07, 6.45) is -0.966. The van der Waals surface area contributed by atoms with Crippen LogP contribution in [0.2, 0.25) is 0 Å². The Kier molecular flexibility index (Phi) is 5.20. The molecule has 0 fully saturated rings. The fourth-order valence-electron chi connectivity index (χ4n) is 1.18. The third kappa shape index (κ3) is 4.68. The largest absolute Gasteiger partial charge is 0.509 e. The average Bonchev–Trinajstić information content (AvgIpc) is 2.34. The van der Waals surface area contributed by atoms with Gasteiger partial charge in [0.15, 0.2) is 12.4 Å². The zero-order chi connectivity index (χ0) is 12.7. The predicted molar refractivity (Wildman–Crippen MR) is 62.4 cm³/mol. The van der Waals surface area contributed by atoms with E-state index < -0.39 is 12.3 Å². The normalized spacial score (nSPS) is 11.9. The molecule has 1 aromatic carbocycles. The van der Waals surface area contributed by atoms with E-state index in [1.165, 1.54) is 0 Å². The molecule has 0 aliphatic heterocycles. The number of aldehydes is 1. The highest BCUT2D eigenvalue weighted by Gasteiger charge is 2.18. The van der Waals surface area contributed by atoms with Gasteiger partial charge in [0.05, 0.1) is 0 Å². The van der Waals surface area contributed by atoms with Gasteiger partial charge in [-0.05, 0) is 11.5 Å². The van der Waals surface area contributed by atoms with E-state index >= 15 is 0 Å². The second kappa shape index (κ2) is 6.68. The van der Waals surface area contributed by atoms with E-state index in [0.717, 1.165) is 5.56 Å². The van der Waals surface area contributed by atoms with Crippen molar-refractivity contribution < 1.29 is 19.1 Å². The molecule has 1 atom stereocenters. The van der Waals surface area contributed by atoms with Gasteiger partial charge < -0.3 is 9.47 Å². The summed E-state index contributed by atoms with van der Waals surface area (Å²) in [5.74, 6) is -0.0585. The molecule has 0 saturated carbocycles. The molecule has 0 amide bonds. The van der Waals surface area contributed by atoms with Crippen LogP contribution >= 0.6 is 0 Å². The molecule has 0 saturated heterocycles. The summed E-state index contributed by atoms with van der Waals surface area (Å²) < 4.78 is 9.74. The Balaban J connectivity index is 2.37. The van der Waals surface area contributed by atoms with E-state index in [1.807, 2.05) is 30.3 Å². The topological polar surface area (TPSA) is 52.6 Å². The van der Waals surface area contributed by atoms with E-state index in [2.05, 4.69) is 0 Å². The van der Waals surface area contributed by atoms with Crippen LogP contribution in [0.15, 0.2) is 30.3 Å². The minimum absolute atomic E-state index is 0.0585. The van der Waals surface area contributed by atoms with Crippen LogP contribution in [-0.4, -0.2) is 18.5 Å². The molecule has 0 aromatic heterocycles. The molecular formula is C13H16O4. The first-order chi connectivity index (χ1) is 8.13. The van der Waals surface area contributed by atoms with Gasteiger partial charge in [-0.25, -0.2) is 4.79 Å². The first kappa shape index (κ1) is 13.2. The molecule has 4 heteroatoms. The standard InChI is InChI=1S/C13H16O4/c1-10(2)12(8-14)17-13(15)16-9-11-6-4-3-5-7-11/h3-8,10,12H,9H2,1-2H3.